The number of benzene rings is 1. The molecule has 1 heterocycles. The first-order valence-electron chi connectivity index (χ1n) is 6.34. The molecule has 1 aromatic rings. The van der Waals surface area contributed by atoms with E-state index in [4.69, 9.17) is 0 Å². The summed E-state index contributed by atoms with van der Waals surface area (Å²) in [5.41, 5.74) is 0.338. The van der Waals surface area contributed by atoms with Gasteiger partial charge < -0.3 is 5.32 Å². The number of fused-ring (bicyclic) bond motifs is 1. The van der Waals surface area contributed by atoms with Crippen molar-refractivity contribution in [3.05, 3.63) is 29.3 Å². The van der Waals surface area contributed by atoms with E-state index >= 15 is 0 Å². The molecule has 0 amide bonds. The molecule has 2 unspecified atom stereocenters. The van der Waals surface area contributed by atoms with Gasteiger partial charge in [0.05, 0.1) is 10.1 Å². The van der Waals surface area contributed by atoms with Crippen LogP contribution in [0.4, 0.5) is 8.78 Å². The Morgan fingerprint density at radius 1 is 1.32 bits per heavy atom. The van der Waals surface area contributed by atoms with Gasteiger partial charge in [0.25, 0.3) is 0 Å². The predicted octanol–water partition coefficient (Wildman–Crippen LogP) is 2.57. The summed E-state index contributed by atoms with van der Waals surface area (Å²) in [6.07, 6.45) is 1.26. The quantitative estimate of drug-likeness (QED) is 0.870. The van der Waals surface area contributed by atoms with Crippen LogP contribution in [0.1, 0.15) is 38.3 Å². The number of halogens is 2. The van der Waals surface area contributed by atoms with Gasteiger partial charge in [-0.3, -0.25) is 0 Å². The van der Waals surface area contributed by atoms with Crippen LogP contribution in [0.3, 0.4) is 0 Å². The van der Waals surface area contributed by atoms with Crippen molar-refractivity contribution in [3.8, 4) is 0 Å². The van der Waals surface area contributed by atoms with Gasteiger partial charge in [0.1, 0.15) is 0 Å². The van der Waals surface area contributed by atoms with Crippen molar-refractivity contribution in [2.45, 2.75) is 42.9 Å². The van der Waals surface area contributed by atoms with Crippen molar-refractivity contribution in [1.29, 1.82) is 0 Å². The maximum atomic E-state index is 13.4. The van der Waals surface area contributed by atoms with Crippen molar-refractivity contribution >= 4 is 9.84 Å². The summed E-state index contributed by atoms with van der Waals surface area (Å²) >= 11 is 0. The largest absolute Gasteiger partial charge is 0.310 e. The van der Waals surface area contributed by atoms with Crippen LogP contribution in [0.5, 0.6) is 0 Å². The Bertz CT molecular complexity index is 587. The molecule has 0 aliphatic carbocycles. The Morgan fingerprint density at radius 3 is 2.58 bits per heavy atom. The maximum absolute atomic E-state index is 13.4. The van der Waals surface area contributed by atoms with E-state index in [1.807, 2.05) is 6.92 Å². The highest BCUT2D eigenvalue weighted by molar-refractivity contribution is 7.92. The topological polar surface area (TPSA) is 46.2 Å². The average Bonchev–Trinajstić information content (AvgIpc) is 2.35. The van der Waals surface area contributed by atoms with E-state index in [0.29, 0.717) is 18.5 Å². The Morgan fingerprint density at radius 2 is 1.95 bits per heavy atom. The lowest BCUT2D eigenvalue weighted by atomic mass is 10.0. The fraction of sp³-hybridized carbons (Fsp3) is 0.538. The third-order valence-electron chi connectivity index (χ3n) is 3.47. The third kappa shape index (κ3) is 2.51. The minimum absolute atomic E-state index is 0.0845. The van der Waals surface area contributed by atoms with E-state index in [-0.39, 0.29) is 10.9 Å². The zero-order valence-electron chi connectivity index (χ0n) is 10.9. The number of sulfone groups is 1. The molecule has 0 saturated heterocycles. The summed E-state index contributed by atoms with van der Waals surface area (Å²) in [6.45, 7) is 4.29. The highest BCUT2D eigenvalue weighted by Crippen LogP contribution is 2.37. The second-order valence-corrected chi connectivity index (χ2v) is 7.24. The van der Waals surface area contributed by atoms with E-state index in [9.17, 15) is 17.2 Å². The normalized spacial score (nSPS) is 25.1. The van der Waals surface area contributed by atoms with E-state index in [1.165, 1.54) is 0 Å². The van der Waals surface area contributed by atoms with Crippen LogP contribution in [0, 0.1) is 11.6 Å². The highest BCUT2D eigenvalue weighted by atomic mass is 32.2. The third-order valence-corrected chi connectivity index (χ3v) is 5.69. The zero-order valence-corrected chi connectivity index (χ0v) is 11.7. The molecule has 1 aromatic carbocycles. The lowest BCUT2D eigenvalue weighted by Crippen LogP contribution is -2.35. The molecule has 0 bridgehead atoms. The van der Waals surface area contributed by atoms with Gasteiger partial charge in [0.2, 0.25) is 0 Å². The number of rotatable bonds is 3. The lowest BCUT2D eigenvalue weighted by Gasteiger charge is -2.30. The van der Waals surface area contributed by atoms with Crippen LogP contribution >= 0.6 is 0 Å². The van der Waals surface area contributed by atoms with Gasteiger partial charge in [-0.15, -0.1) is 0 Å². The van der Waals surface area contributed by atoms with Gasteiger partial charge in [-0.1, -0.05) is 6.92 Å². The van der Waals surface area contributed by atoms with Crippen molar-refractivity contribution in [3.63, 3.8) is 0 Å². The Hall–Kier alpha value is -1.01. The van der Waals surface area contributed by atoms with Crippen LogP contribution in [0.2, 0.25) is 0 Å². The Kier molecular flexibility index (Phi) is 3.92. The van der Waals surface area contributed by atoms with Crippen molar-refractivity contribution in [2.75, 3.05) is 6.54 Å². The summed E-state index contributed by atoms with van der Waals surface area (Å²) in [5, 5.41) is 2.59. The summed E-state index contributed by atoms with van der Waals surface area (Å²) < 4.78 is 51.0. The number of nitrogens with one attached hydrogen (secondary N) is 1. The minimum atomic E-state index is -3.56. The van der Waals surface area contributed by atoms with E-state index < -0.39 is 26.7 Å². The maximum Gasteiger partial charge on any atom is 0.181 e. The van der Waals surface area contributed by atoms with Crippen LogP contribution in [-0.2, 0) is 9.84 Å². The molecule has 19 heavy (non-hydrogen) atoms. The van der Waals surface area contributed by atoms with Crippen molar-refractivity contribution in [1.82, 2.24) is 5.32 Å². The molecule has 0 aromatic heterocycles. The molecular weight excluding hydrogens is 272 g/mol. The summed E-state index contributed by atoms with van der Waals surface area (Å²) in [4.78, 5) is -0.0845. The summed E-state index contributed by atoms with van der Waals surface area (Å²) in [7, 11) is -3.56. The van der Waals surface area contributed by atoms with Crippen molar-refractivity contribution in [2.24, 2.45) is 0 Å². The monoisotopic (exact) mass is 289 g/mol. The average molecular weight is 289 g/mol. The SMILES string of the molecule is CCCNC1CC(C)S(=O)(=O)c2cc(F)c(F)cc21. The number of hydrogen-bond donors (Lipinski definition) is 1. The molecule has 6 heteroatoms. The van der Waals surface area contributed by atoms with Gasteiger partial charge in [-0.25, -0.2) is 17.2 Å². The minimum Gasteiger partial charge on any atom is -0.310 e. The smallest absolute Gasteiger partial charge is 0.181 e. The van der Waals surface area contributed by atoms with Crippen LogP contribution in [0.15, 0.2) is 17.0 Å². The van der Waals surface area contributed by atoms with E-state index in [0.717, 1.165) is 18.6 Å². The fourth-order valence-corrected chi connectivity index (χ4v) is 4.05. The first kappa shape index (κ1) is 14.4. The highest BCUT2D eigenvalue weighted by Gasteiger charge is 2.37. The molecule has 3 nitrogen and oxygen atoms in total. The first-order chi connectivity index (χ1) is 8.87. The number of hydrogen-bond acceptors (Lipinski definition) is 3. The van der Waals surface area contributed by atoms with Crippen LogP contribution in [-0.4, -0.2) is 20.2 Å². The molecule has 106 valence electrons. The second kappa shape index (κ2) is 5.17. The standard InChI is InChI=1S/C13H17F2NO2S/c1-3-4-16-12-5-8(2)19(17,18)13-7-11(15)10(14)6-9(12)13/h6-8,12,16H,3-5H2,1-2H3. The summed E-state index contributed by atoms with van der Waals surface area (Å²) in [6, 6.07) is 1.56. The van der Waals surface area contributed by atoms with Gasteiger partial charge in [-0.05, 0) is 44.0 Å². The van der Waals surface area contributed by atoms with Crippen molar-refractivity contribution < 1.29 is 17.2 Å². The van der Waals surface area contributed by atoms with E-state index in [2.05, 4.69) is 5.32 Å². The molecule has 2 rings (SSSR count). The van der Waals surface area contributed by atoms with Crippen LogP contribution in [0.25, 0.3) is 0 Å². The van der Waals surface area contributed by atoms with Gasteiger partial charge >= 0.3 is 0 Å². The molecule has 2 atom stereocenters. The Labute approximate surface area is 111 Å². The molecule has 0 spiro atoms. The molecule has 1 aliphatic heterocycles. The van der Waals surface area contributed by atoms with Gasteiger partial charge in [0, 0.05) is 6.04 Å². The predicted molar refractivity (Wildman–Crippen MR) is 68.7 cm³/mol. The van der Waals surface area contributed by atoms with Crippen LogP contribution < -0.4 is 5.32 Å². The second-order valence-electron chi connectivity index (χ2n) is 4.90. The molecule has 1 N–H and O–H groups in total. The molecule has 0 radical (unpaired) electrons. The van der Waals surface area contributed by atoms with E-state index in [1.54, 1.807) is 6.92 Å². The van der Waals surface area contributed by atoms with Gasteiger partial charge in [-0.2, -0.15) is 0 Å². The fourth-order valence-electron chi connectivity index (χ4n) is 2.38. The summed E-state index contributed by atoms with van der Waals surface area (Å²) in [5.74, 6) is -2.13. The molecule has 1 aliphatic rings. The Balaban J connectivity index is 2.55. The van der Waals surface area contributed by atoms with Gasteiger partial charge in [0.15, 0.2) is 21.5 Å². The zero-order chi connectivity index (χ0) is 14.2. The lowest BCUT2D eigenvalue weighted by molar-refractivity contribution is 0.449. The molecule has 0 fully saturated rings. The first-order valence-corrected chi connectivity index (χ1v) is 7.88. The molecular formula is C13H17F2NO2S. The molecule has 0 saturated carbocycles.